The summed E-state index contributed by atoms with van der Waals surface area (Å²) in [5.41, 5.74) is 0.940. The van der Waals surface area contributed by atoms with Crippen LogP contribution in [0, 0.1) is 6.92 Å². The number of thiophene rings is 2. The number of hydrogen-bond acceptors (Lipinski definition) is 4. The molecule has 110 valence electrons. The van der Waals surface area contributed by atoms with Crippen LogP contribution >= 0.6 is 34.3 Å². The zero-order chi connectivity index (χ0) is 14.8. The van der Waals surface area contributed by atoms with E-state index < -0.39 is 10.0 Å². The molecule has 0 bridgehead atoms. The van der Waals surface area contributed by atoms with Crippen LogP contribution in [0.15, 0.2) is 27.8 Å². The molecule has 0 unspecified atom stereocenters. The Bertz CT molecular complexity index is 662. The van der Waals surface area contributed by atoms with Crippen molar-refractivity contribution in [1.82, 2.24) is 4.31 Å². The first-order valence-electron chi connectivity index (χ1n) is 6.09. The maximum atomic E-state index is 12.5. The molecule has 3 nitrogen and oxygen atoms in total. The number of rotatable bonds is 6. The van der Waals surface area contributed by atoms with Crippen molar-refractivity contribution in [2.24, 2.45) is 0 Å². The number of nitrogens with zero attached hydrogens (tertiary/aromatic N) is 1. The highest BCUT2D eigenvalue weighted by atomic mass is 35.5. The highest BCUT2D eigenvalue weighted by molar-refractivity contribution is 7.91. The summed E-state index contributed by atoms with van der Waals surface area (Å²) in [5.74, 6) is 0.352. The molecule has 2 heterocycles. The van der Waals surface area contributed by atoms with Gasteiger partial charge in [0.05, 0.1) is 5.88 Å². The Hall–Kier alpha value is -0.400. The lowest BCUT2D eigenvalue weighted by atomic mass is 10.3. The number of aryl methyl sites for hydroxylation is 1. The molecule has 2 aromatic heterocycles. The molecular formula is C13H16ClNO2S3. The van der Waals surface area contributed by atoms with E-state index in [1.165, 1.54) is 20.5 Å². The van der Waals surface area contributed by atoms with Crippen molar-refractivity contribution in [3.05, 3.63) is 38.9 Å². The smallest absolute Gasteiger partial charge is 0.206 e. The average molecular weight is 350 g/mol. The first-order chi connectivity index (χ1) is 9.45. The summed E-state index contributed by atoms with van der Waals surface area (Å²) in [6, 6.07) is 5.70. The molecule has 7 heteroatoms. The molecule has 2 aromatic rings. The van der Waals surface area contributed by atoms with Crippen LogP contribution in [0.3, 0.4) is 0 Å². The molecule has 0 aromatic carbocycles. The van der Waals surface area contributed by atoms with Gasteiger partial charge < -0.3 is 0 Å². The van der Waals surface area contributed by atoms with Crippen molar-refractivity contribution >= 4 is 44.3 Å². The molecule has 0 spiro atoms. The second-order valence-corrected chi connectivity index (χ2v) is 9.17. The number of likely N-dealkylation sites (N-methyl/N-ethyl adjacent to an activating group) is 1. The topological polar surface area (TPSA) is 37.4 Å². The second-order valence-electron chi connectivity index (χ2n) is 4.46. The summed E-state index contributed by atoms with van der Waals surface area (Å²) in [4.78, 5) is 2.10. The summed E-state index contributed by atoms with van der Waals surface area (Å²) in [7, 11) is -1.78. The third kappa shape index (κ3) is 3.43. The molecule has 0 N–H and O–H groups in total. The predicted octanol–water partition coefficient (Wildman–Crippen LogP) is 3.72. The van der Waals surface area contributed by atoms with Gasteiger partial charge in [-0.25, -0.2) is 8.42 Å². The average Bonchev–Trinajstić information content (AvgIpc) is 3.04. The van der Waals surface area contributed by atoms with Crippen LogP contribution in [0.5, 0.6) is 0 Å². The first kappa shape index (κ1) is 16.0. The van der Waals surface area contributed by atoms with E-state index in [0.29, 0.717) is 16.6 Å². The molecule has 0 fully saturated rings. The molecule has 0 atom stereocenters. The zero-order valence-corrected chi connectivity index (χ0v) is 14.5. The number of sulfonamides is 1. The highest BCUT2D eigenvalue weighted by Gasteiger charge is 2.23. The SMILES string of the molecule is Cc1cc(S(=O)(=O)N(C)CCc2cccs2)sc1CCl. The molecule has 2 rings (SSSR count). The second kappa shape index (κ2) is 6.58. The van der Waals surface area contributed by atoms with Gasteiger partial charge in [-0.3, -0.25) is 0 Å². The van der Waals surface area contributed by atoms with E-state index >= 15 is 0 Å². The van der Waals surface area contributed by atoms with E-state index in [4.69, 9.17) is 11.6 Å². The van der Waals surface area contributed by atoms with Gasteiger partial charge in [0.1, 0.15) is 4.21 Å². The van der Waals surface area contributed by atoms with Gasteiger partial charge in [0, 0.05) is 23.3 Å². The highest BCUT2D eigenvalue weighted by Crippen LogP contribution is 2.29. The van der Waals surface area contributed by atoms with Gasteiger partial charge in [-0.05, 0) is 36.4 Å². The molecule has 0 aliphatic rings. The third-order valence-corrected chi connectivity index (χ3v) is 7.94. The Kier molecular flexibility index (Phi) is 5.25. The summed E-state index contributed by atoms with van der Waals surface area (Å²) in [6.45, 7) is 2.37. The Balaban J connectivity index is 2.12. The van der Waals surface area contributed by atoms with Gasteiger partial charge in [0.2, 0.25) is 0 Å². The van der Waals surface area contributed by atoms with Crippen molar-refractivity contribution in [3.63, 3.8) is 0 Å². The minimum atomic E-state index is -3.41. The third-order valence-electron chi connectivity index (χ3n) is 3.04. The summed E-state index contributed by atoms with van der Waals surface area (Å²) in [6.07, 6.45) is 0.736. The number of hydrogen-bond donors (Lipinski definition) is 0. The maximum absolute atomic E-state index is 12.5. The molecule has 0 radical (unpaired) electrons. The predicted molar refractivity (Wildman–Crippen MR) is 86.5 cm³/mol. The summed E-state index contributed by atoms with van der Waals surface area (Å²) in [5, 5.41) is 2.00. The van der Waals surface area contributed by atoms with E-state index in [9.17, 15) is 8.42 Å². The molecule has 0 saturated heterocycles. The minimum Gasteiger partial charge on any atom is -0.206 e. The maximum Gasteiger partial charge on any atom is 0.252 e. The van der Waals surface area contributed by atoms with Crippen LogP contribution in [0.25, 0.3) is 0 Å². The van der Waals surface area contributed by atoms with Gasteiger partial charge in [-0.1, -0.05) is 6.07 Å². The van der Waals surface area contributed by atoms with Gasteiger partial charge in [0.25, 0.3) is 10.0 Å². The molecule has 0 amide bonds. The van der Waals surface area contributed by atoms with E-state index in [-0.39, 0.29) is 0 Å². The van der Waals surface area contributed by atoms with Crippen LogP contribution in [-0.4, -0.2) is 26.3 Å². The van der Waals surface area contributed by atoms with Gasteiger partial charge >= 0.3 is 0 Å². The van der Waals surface area contributed by atoms with E-state index in [0.717, 1.165) is 16.9 Å². The van der Waals surface area contributed by atoms with Crippen LogP contribution in [0.4, 0.5) is 0 Å². The lowest BCUT2D eigenvalue weighted by Gasteiger charge is -2.15. The Morgan fingerprint density at radius 1 is 1.40 bits per heavy atom. The molecule has 20 heavy (non-hydrogen) atoms. The fourth-order valence-corrected chi connectivity index (χ4v) is 5.64. The van der Waals surface area contributed by atoms with Gasteiger partial charge in [0.15, 0.2) is 0 Å². The lowest BCUT2D eigenvalue weighted by molar-refractivity contribution is 0.475. The Morgan fingerprint density at radius 2 is 2.15 bits per heavy atom. The zero-order valence-electron chi connectivity index (χ0n) is 11.3. The van der Waals surface area contributed by atoms with Gasteiger partial charge in [-0.15, -0.1) is 34.3 Å². The molecule has 0 aliphatic carbocycles. The van der Waals surface area contributed by atoms with E-state index in [1.807, 2.05) is 24.4 Å². The monoisotopic (exact) mass is 349 g/mol. The van der Waals surface area contributed by atoms with Crippen molar-refractivity contribution in [3.8, 4) is 0 Å². The molecule has 0 aliphatic heterocycles. The van der Waals surface area contributed by atoms with Crippen molar-refractivity contribution < 1.29 is 8.42 Å². The summed E-state index contributed by atoms with van der Waals surface area (Å²) < 4.78 is 26.7. The van der Waals surface area contributed by atoms with Crippen LogP contribution in [0.2, 0.25) is 0 Å². The Morgan fingerprint density at radius 3 is 2.70 bits per heavy atom. The molecule has 0 saturated carbocycles. The number of halogens is 1. The number of alkyl halides is 1. The first-order valence-corrected chi connectivity index (χ1v) is 9.76. The largest absolute Gasteiger partial charge is 0.252 e. The standard InChI is InChI=1S/C13H16ClNO2S3/c1-10-8-13(19-12(10)9-14)20(16,17)15(2)6-5-11-4-3-7-18-11/h3-4,7-8H,5-6,9H2,1-2H3. The normalized spacial score (nSPS) is 12.2. The van der Waals surface area contributed by atoms with Crippen molar-refractivity contribution in [2.45, 2.75) is 23.4 Å². The minimum absolute atomic E-state index is 0.352. The molecular weight excluding hydrogens is 334 g/mol. The lowest BCUT2D eigenvalue weighted by Crippen LogP contribution is -2.28. The van der Waals surface area contributed by atoms with Gasteiger partial charge in [-0.2, -0.15) is 4.31 Å². The fraction of sp³-hybridized carbons (Fsp3) is 0.385. The fourth-order valence-electron chi connectivity index (χ4n) is 1.74. The van der Waals surface area contributed by atoms with Crippen LogP contribution in [-0.2, 0) is 22.3 Å². The summed E-state index contributed by atoms with van der Waals surface area (Å²) >= 11 is 8.71. The Labute approximate surface area is 132 Å². The van der Waals surface area contributed by atoms with Crippen LogP contribution in [0.1, 0.15) is 15.3 Å². The van der Waals surface area contributed by atoms with E-state index in [1.54, 1.807) is 24.5 Å². The van der Waals surface area contributed by atoms with E-state index in [2.05, 4.69) is 0 Å². The van der Waals surface area contributed by atoms with Crippen molar-refractivity contribution in [1.29, 1.82) is 0 Å². The van der Waals surface area contributed by atoms with Crippen molar-refractivity contribution in [2.75, 3.05) is 13.6 Å². The quantitative estimate of drug-likeness (QED) is 0.745. The van der Waals surface area contributed by atoms with Crippen LogP contribution < -0.4 is 0 Å².